The summed E-state index contributed by atoms with van der Waals surface area (Å²) in [4.78, 5) is 18.5. The van der Waals surface area contributed by atoms with E-state index in [1.807, 2.05) is 13.8 Å². The fourth-order valence-corrected chi connectivity index (χ4v) is 2.68. The van der Waals surface area contributed by atoms with Gasteiger partial charge in [-0.3, -0.25) is 20.0 Å². The summed E-state index contributed by atoms with van der Waals surface area (Å²) in [6, 6.07) is 0. The van der Waals surface area contributed by atoms with E-state index in [1.54, 1.807) is 28.2 Å². The molecule has 0 radical (unpaired) electrons. The maximum absolute atomic E-state index is 4.00. The number of rotatable bonds is 2. The monoisotopic (exact) mass is 720 g/mol. The third-order valence-corrected chi connectivity index (χ3v) is 6.43. The lowest BCUT2D eigenvalue weighted by Gasteiger charge is -1.86. The van der Waals surface area contributed by atoms with Crippen LogP contribution in [0.25, 0.3) is 0 Å². The average Bonchev–Trinajstić information content (AvgIpc) is 3.50. The third-order valence-electron chi connectivity index (χ3n) is 2.68. The van der Waals surface area contributed by atoms with Crippen molar-refractivity contribution in [1.29, 1.82) is 0 Å². The molecule has 10 nitrogen and oxygen atoms in total. The van der Waals surface area contributed by atoms with Crippen molar-refractivity contribution in [1.82, 2.24) is 30.0 Å². The Morgan fingerprint density at radius 2 is 1.28 bits per heavy atom. The van der Waals surface area contributed by atoms with E-state index in [4.69, 9.17) is 0 Å². The van der Waals surface area contributed by atoms with Crippen molar-refractivity contribution >= 4 is 101 Å². The van der Waals surface area contributed by atoms with Gasteiger partial charge in [-0.15, -0.1) is 15.3 Å². The molecule has 0 aromatic carbocycles. The van der Waals surface area contributed by atoms with Crippen molar-refractivity contribution in [3.05, 3.63) is 20.0 Å². The number of aryl methyl sites for hydroxylation is 2. The quantitative estimate of drug-likeness (QED) is 0.454. The molecule has 4 heterocycles. The minimum absolute atomic E-state index is 0.557. The maximum Gasteiger partial charge on any atom is 0.162 e. The van der Waals surface area contributed by atoms with Gasteiger partial charge in [-0.05, 0) is 93.5 Å². The topological polar surface area (TPSA) is 111 Å². The van der Waals surface area contributed by atoms with Gasteiger partial charge in [0.15, 0.2) is 9.21 Å². The van der Waals surface area contributed by atoms with Crippen LogP contribution in [0.3, 0.4) is 0 Å². The zero-order chi connectivity index (χ0) is 21.6. The van der Waals surface area contributed by atoms with Crippen molar-refractivity contribution in [3.8, 4) is 0 Å². The first-order valence-electron chi connectivity index (χ1n) is 8.07. The van der Waals surface area contributed by atoms with Gasteiger partial charge in [0.2, 0.25) is 0 Å². The van der Waals surface area contributed by atoms with E-state index < -0.39 is 0 Å². The Balaban J connectivity index is 0.000000197. The van der Waals surface area contributed by atoms with Crippen LogP contribution in [0.1, 0.15) is 13.8 Å². The molecule has 0 spiro atoms. The van der Waals surface area contributed by atoms with Gasteiger partial charge >= 0.3 is 0 Å². The van der Waals surface area contributed by atoms with Crippen molar-refractivity contribution in [3.63, 3.8) is 0 Å². The standard InChI is InChI=1S/C4H5Br2N3.C4H6BrN3.C3H2Br2N2.C3H4N2/c1-2-9-7-3(5)4(6)8-9;1-2-8-6-3-4(5)7-8;4-2-3(5)7-1-6-2;1-2-5-3-4-1/h2H2,1H3;3H,2H2,1H3;1H2;1-2H,3H2. The van der Waals surface area contributed by atoms with Crippen molar-refractivity contribution in [2.24, 2.45) is 20.0 Å². The van der Waals surface area contributed by atoms with E-state index in [9.17, 15) is 0 Å². The summed E-state index contributed by atoms with van der Waals surface area (Å²) in [5, 5.41) is 15.9. The summed E-state index contributed by atoms with van der Waals surface area (Å²) in [5.74, 6) is 0. The number of aromatic nitrogens is 6. The Bertz CT molecular complexity index is 825. The summed E-state index contributed by atoms with van der Waals surface area (Å²) < 4.78 is 3.92. The largest absolute Gasteiger partial charge is 0.268 e. The van der Waals surface area contributed by atoms with Gasteiger partial charge in [0.25, 0.3) is 0 Å². The number of halogens is 5. The Morgan fingerprint density at radius 3 is 1.48 bits per heavy atom. The van der Waals surface area contributed by atoms with Crippen LogP contribution in [0.15, 0.2) is 40.0 Å². The lowest BCUT2D eigenvalue weighted by Crippen LogP contribution is -1.97. The molecular formula is C14H17Br5N10. The molecule has 0 bridgehead atoms. The van der Waals surface area contributed by atoms with E-state index in [1.165, 1.54) is 0 Å². The van der Waals surface area contributed by atoms with Crippen LogP contribution < -0.4 is 0 Å². The zero-order valence-electron chi connectivity index (χ0n) is 15.4. The summed E-state index contributed by atoms with van der Waals surface area (Å²) in [6.45, 7) is 6.79. The summed E-state index contributed by atoms with van der Waals surface area (Å²) in [7, 11) is 0. The minimum Gasteiger partial charge on any atom is -0.268 e. The number of hydrogen-bond donors (Lipinski definition) is 0. The first-order chi connectivity index (χ1) is 13.9. The second kappa shape index (κ2) is 15.2. The smallest absolute Gasteiger partial charge is 0.162 e. The van der Waals surface area contributed by atoms with Crippen molar-refractivity contribution < 1.29 is 0 Å². The van der Waals surface area contributed by atoms with Crippen LogP contribution in [0.4, 0.5) is 0 Å². The van der Waals surface area contributed by atoms with Crippen LogP contribution in [0.5, 0.6) is 0 Å². The minimum atomic E-state index is 0.557. The molecule has 0 saturated heterocycles. The highest BCUT2D eigenvalue weighted by molar-refractivity contribution is 9.25. The Kier molecular flexibility index (Phi) is 13.8. The van der Waals surface area contributed by atoms with Gasteiger partial charge in [-0.2, -0.15) is 14.7 Å². The van der Waals surface area contributed by atoms with Crippen LogP contribution in [0.2, 0.25) is 0 Å². The molecule has 0 amide bonds. The van der Waals surface area contributed by atoms with Crippen LogP contribution in [-0.2, 0) is 13.1 Å². The maximum atomic E-state index is 4.00. The van der Waals surface area contributed by atoms with Crippen molar-refractivity contribution in [2.45, 2.75) is 26.9 Å². The zero-order valence-corrected chi connectivity index (χ0v) is 23.4. The van der Waals surface area contributed by atoms with Crippen LogP contribution in [-0.4, -0.2) is 65.0 Å². The second-order valence-corrected chi connectivity index (χ2v) is 8.49. The van der Waals surface area contributed by atoms with Crippen LogP contribution in [0, 0.1) is 0 Å². The fraction of sp³-hybridized carbons (Fsp3) is 0.429. The van der Waals surface area contributed by atoms with Gasteiger partial charge in [0.1, 0.15) is 27.2 Å². The number of hydrogen-bond acceptors (Lipinski definition) is 8. The fourth-order valence-electron chi connectivity index (χ4n) is 1.40. The Morgan fingerprint density at radius 1 is 0.759 bits per heavy atom. The van der Waals surface area contributed by atoms with E-state index in [-0.39, 0.29) is 0 Å². The van der Waals surface area contributed by atoms with E-state index in [2.05, 4.69) is 120 Å². The summed E-state index contributed by atoms with van der Waals surface area (Å²) in [5.41, 5.74) is 0. The molecule has 2 aromatic heterocycles. The van der Waals surface area contributed by atoms with Crippen molar-refractivity contribution in [2.75, 3.05) is 13.3 Å². The highest BCUT2D eigenvalue weighted by atomic mass is 79.9. The average molecular weight is 725 g/mol. The first-order valence-corrected chi connectivity index (χ1v) is 12.0. The Hall–Kier alpha value is -0.640. The molecule has 158 valence electrons. The predicted molar refractivity (Wildman–Crippen MR) is 134 cm³/mol. The first kappa shape index (κ1) is 26.4. The molecule has 2 aromatic rings. The number of nitrogens with zero attached hydrogens (tertiary/aromatic N) is 10. The molecule has 0 unspecified atom stereocenters. The van der Waals surface area contributed by atoms with Gasteiger partial charge < -0.3 is 0 Å². The molecule has 2 aliphatic rings. The molecule has 15 heteroatoms. The van der Waals surface area contributed by atoms with Crippen LogP contribution >= 0.6 is 79.6 Å². The summed E-state index contributed by atoms with van der Waals surface area (Å²) >= 11 is 16.0. The molecule has 0 atom stereocenters. The van der Waals surface area contributed by atoms with Gasteiger partial charge in [0, 0.05) is 12.4 Å². The lowest BCUT2D eigenvalue weighted by molar-refractivity contribution is 0.565. The molecule has 0 N–H and O–H groups in total. The van der Waals surface area contributed by atoms with E-state index >= 15 is 0 Å². The molecule has 0 fully saturated rings. The van der Waals surface area contributed by atoms with E-state index in [0.717, 1.165) is 36.1 Å². The molecule has 29 heavy (non-hydrogen) atoms. The van der Waals surface area contributed by atoms with Gasteiger partial charge in [-0.25, -0.2) is 0 Å². The second-order valence-electron chi connectivity index (χ2n) is 4.67. The predicted octanol–water partition coefficient (Wildman–Crippen LogP) is 4.53. The third kappa shape index (κ3) is 11.4. The normalized spacial score (nSPS) is 13.5. The molecule has 4 rings (SSSR count). The van der Waals surface area contributed by atoms with Gasteiger partial charge in [-0.1, -0.05) is 0 Å². The van der Waals surface area contributed by atoms with Gasteiger partial charge in [0.05, 0.1) is 19.3 Å². The summed E-state index contributed by atoms with van der Waals surface area (Å²) in [6.07, 6.45) is 5.06. The SMILES string of the molecule is BrC1=NCN=C1Br.C1=NCN=C1.CCn1nc(Br)c(Br)n1.CCn1ncc(Br)n1. The molecule has 0 saturated carbocycles. The Labute approximate surface area is 210 Å². The molecule has 0 aliphatic carbocycles. The number of aliphatic imine (C=N–C) groups is 4. The molecule has 2 aliphatic heterocycles. The van der Waals surface area contributed by atoms with E-state index in [0.29, 0.717) is 13.3 Å². The highest BCUT2D eigenvalue weighted by Gasteiger charge is 2.03. The lowest BCUT2D eigenvalue weighted by atomic mass is 10.8. The highest BCUT2D eigenvalue weighted by Crippen LogP contribution is 2.16. The molecular weight excluding hydrogens is 708 g/mol.